The molecule has 0 spiro atoms. The summed E-state index contributed by atoms with van der Waals surface area (Å²) < 4.78 is 13.4. The Kier molecular flexibility index (Phi) is 12.4. The fourth-order valence-electron chi connectivity index (χ4n) is 4.72. The van der Waals surface area contributed by atoms with Crippen LogP contribution in [-0.4, -0.2) is 28.0 Å². The summed E-state index contributed by atoms with van der Waals surface area (Å²) in [5.41, 5.74) is 1.00. The van der Waals surface area contributed by atoms with Crippen molar-refractivity contribution in [2.24, 2.45) is 0 Å². The van der Waals surface area contributed by atoms with E-state index in [1.165, 1.54) is 10.4 Å². The van der Waals surface area contributed by atoms with Crippen molar-refractivity contribution in [2.45, 2.75) is 96.9 Å². The van der Waals surface area contributed by atoms with E-state index in [4.69, 9.17) is 8.85 Å². The molecule has 0 saturated heterocycles. The van der Waals surface area contributed by atoms with E-state index in [1.54, 1.807) is 0 Å². The Labute approximate surface area is 236 Å². The van der Waals surface area contributed by atoms with Crippen molar-refractivity contribution < 1.29 is 8.85 Å². The lowest BCUT2D eigenvalue weighted by molar-refractivity contribution is 0.237. The molecule has 200 valence electrons. The maximum atomic E-state index is 7.16. The van der Waals surface area contributed by atoms with Crippen LogP contribution in [0, 0.1) is 23.7 Å². The number of unbranched alkanes of at least 4 members (excludes halogenated alkanes) is 1. The first kappa shape index (κ1) is 31.6. The maximum Gasteiger partial charge on any atom is 0.269 e. The van der Waals surface area contributed by atoms with Crippen LogP contribution in [0.5, 0.6) is 0 Å². The topological polar surface area (TPSA) is 18.5 Å². The fourth-order valence-corrected chi connectivity index (χ4v) is 12.0. The third-order valence-electron chi connectivity index (χ3n) is 6.81. The molecule has 2 rings (SSSR count). The molecule has 2 nitrogen and oxygen atoms in total. The van der Waals surface area contributed by atoms with Gasteiger partial charge < -0.3 is 8.85 Å². The third-order valence-corrected chi connectivity index (χ3v) is 21.8. The van der Waals surface area contributed by atoms with Crippen LogP contribution in [0.3, 0.4) is 0 Å². The minimum atomic E-state index is -2.60. The first-order valence-electron chi connectivity index (χ1n) is 13.5. The van der Waals surface area contributed by atoms with Crippen molar-refractivity contribution in [3.63, 3.8) is 0 Å². The summed E-state index contributed by atoms with van der Waals surface area (Å²) in [6.45, 7) is 16.5. The predicted molar refractivity (Wildman–Crippen MR) is 168 cm³/mol. The molecule has 1 unspecified atom stereocenters. The normalized spacial score (nSPS) is 13.1. The van der Waals surface area contributed by atoms with Crippen LogP contribution in [-0.2, 0) is 8.85 Å². The monoisotopic (exact) mass is 596 g/mol. The van der Waals surface area contributed by atoms with Crippen LogP contribution in [0.15, 0.2) is 60.7 Å². The Hall–Kier alpha value is -1.61. The number of rotatable bonds is 10. The predicted octanol–water partition coefficient (Wildman–Crippen LogP) is 7.80. The highest BCUT2D eigenvalue weighted by molar-refractivity contribution is 9.25. The minimum absolute atomic E-state index is 0.0593. The summed E-state index contributed by atoms with van der Waals surface area (Å²) in [5.74, 6) is 13.2. The Morgan fingerprint density at radius 2 is 1.27 bits per heavy atom. The highest BCUT2D eigenvalue weighted by atomic mass is 79.9. The molecule has 0 aliphatic rings. The molecule has 0 heterocycles. The van der Waals surface area contributed by atoms with Gasteiger partial charge in [-0.1, -0.05) is 155 Å². The minimum Gasteiger partial charge on any atom is -0.395 e. The second kappa shape index (κ2) is 14.5. The molecule has 0 fully saturated rings. The van der Waals surface area contributed by atoms with E-state index in [9.17, 15) is 0 Å². The van der Waals surface area contributed by atoms with E-state index in [2.05, 4.69) is 155 Å². The molecule has 0 aromatic heterocycles. The smallest absolute Gasteiger partial charge is 0.269 e. The van der Waals surface area contributed by atoms with Crippen molar-refractivity contribution in [1.82, 2.24) is 0 Å². The first-order valence-corrected chi connectivity index (χ1v) is 19.8. The van der Waals surface area contributed by atoms with E-state index in [0.717, 1.165) is 19.3 Å². The summed E-state index contributed by atoms with van der Waals surface area (Å²) in [6, 6.07) is 21.5. The van der Waals surface area contributed by atoms with Crippen LogP contribution in [0.25, 0.3) is 0 Å². The van der Waals surface area contributed by atoms with E-state index in [0.29, 0.717) is 17.7 Å². The summed E-state index contributed by atoms with van der Waals surface area (Å²) >= 11 is 3.92. The second-order valence-corrected chi connectivity index (χ2v) is 23.1. The van der Waals surface area contributed by atoms with Crippen LogP contribution in [0.1, 0.15) is 74.7 Å². The number of benzene rings is 2. The van der Waals surface area contributed by atoms with E-state index >= 15 is 0 Å². The molecule has 0 aliphatic carbocycles. The summed E-state index contributed by atoms with van der Waals surface area (Å²) in [4.78, 5) is 0. The van der Waals surface area contributed by atoms with Gasteiger partial charge in [-0.2, -0.15) is 0 Å². The van der Waals surface area contributed by atoms with Gasteiger partial charge in [0.1, 0.15) is 6.10 Å². The molecular formula is C32H45BrO2Si2. The van der Waals surface area contributed by atoms with Gasteiger partial charge in [0.25, 0.3) is 15.3 Å². The van der Waals surface area contributed by atoms with Crippen LogP contribution in [0.2, 0.25) is 16.1 Å². The average molecular weight is 598 g/mol. The molecule has 0 aliphatic heterocycles. The lowest BCUT2D eigenvalue weighted by atomic mass is 10.2. The van der Waals surface area contributed by atoms with Gasteiger partial charge in [0.05, 0.1) is 6.61 Å². The lowest BCUT2D eigenvalue weighted by Crippen LogP contribution is -2.67. The van der Waals surface area contributed by atoms with Gasteiger partial charge >= 0.3 is 0 Å². The van der Waals surface area contributed by atoms with Gasteiger partial charge in [-0.15, -0.1) is 0 Å². The fraction of sp³-hybridized carbons (Fsp3) is 0.500. The van der Waals surface area contributed by atoms with Crippen molar-refractivity contribution >= 4 is 40.9 Å². The van der Waals surface area contributed by atoms with Gasteiger partial charge in [-0.25, -0.2) is 0 Å². The summed E-state index contributed by atoms with van der Waals surface area (Å²) in [7, 11) is -2.60. The number of hydrogen-bond acceptors (Lipinski definition) is 2. The number of hydrogen-bond donors (Lipinski definition) is 0. The van der Waals surface area contributed by atoms with Crippen molar-refractivity contribution in [2.75, 3.05) is 6.61 Å². The average Bonchev–Trinajstić information content (AvgIpc) is 2.87. The molecule has 1 atom stereocenters. The van der Waals surface area contributed by atoms with Crippen molar-refractivity contribution in [1.29, 1.82) is 0 Å². The Bertz CT molecular complexity index is 1020. The van der Waals surface area contributed by atoms with Gasteiger partial charge in [-0.3, -0.25) is 0 Å². The molecule has 0 bridgehead atoms. The summed E-state index contributed by atoms with van der Waals surface area (Å²) in [5, 5.41) is 2.51. The molecule has 0 saturated carbocycles. The van der Waals surface area contributed by atoms with Gasteiger partial charge in [0.15, 0.2) is 0 Å². The van der Waals surface area contributed by atoms with Crippen molar-refractivity contribution in [3.8, 4) is 23.7 Å². The van der Waals surface area contributed by atoms with E-state index < -0.39 is 15.3 Å². The van der Waals surface area contributed by atoms with Gasteiger partial charge in [0.2, 0.25) is 0 Å². The molecule has 0 N–H and O–H groups in total. The standard InChI is InChI=1S/C32H45BrO2Si2/c1-9-29(21-15-11-10-12-20-26-34-37(33,27(2)3)28(4)5)35-36(32(6,7)8,30-22-16-13-17-23-30)31-24-18-14-19-25-31/h13-14,16-19,22-25,27-29H,9-11,26H2,1-8H3. The van der Waals surface area contributed by atoms with Crippen LogP contribution >= 0.6 is 15.3 Å². The zero-order chi connectivity index (χ0) is 27.5. The Morgan fingerprint density at radius 1 is 0.784 bits per heavy atom. The highest BCUT2D eigenvalue weighted by Crippen LogP contribution is 2.39. The summed E-state index contributed by atoms with van der Waals surface area (Å²) in [6.07, 6.45) is 2.20. The lowest BCUT2D eigenvalue weighted by Gasteiger charge is -2.44. The first-order chi connectivity index (χ1) is 17.5. The molecule has 0 amide bonds. The van der Waals surface area contributed by atoms with E-state index in [-0.39, 0.29) is 11.1 Å². The van der Waals surface area contributed by atoms with Gasteiger partial charge in [-0.05, 0) is 32.9 Å². The zero-order valence-electron chi connectivity index (χ0n) is 24.0. The molecule has 5 heteroatoms. The molecule has 2 aromatic carbocycles. The maximum absolute atomic E-state index is 7.16. The van der Waals surface area contributed by atoms with Gasteiger partial charge in [0, 0.05) is 12.8 Å². The highest BCUT2D eigenvalue weighted by Gasteiger charge is 2.51. The zero-order valence-corrected chi connectivity index (χ0v) is 27.6. The molecule has 0 radical (unpaired) electrons. The second-order valence-electron chi connectivity index (χ2n) is 11.1. The van der Waals surface area contributed by atoms with Crippen molar-refractivity contribution in [3.05, 3.63) is 60.7 Å². The number of halogens is 1. The third kappa shape index (κ3) is 8.19. The Morgan fingerprint density at radius 3 is 1.70 bits per heavy atom. The van der Waals surface area contributed by atoms with Crippen LogP contribution < -0.4 is 10.4 Å². The molecular weight excluding hydrogens is 552 g/mol. The quantitative estimate of drug-likeness (QED) is 0.120. The largest absolute Gasteiger partial charge is 0.395 e. The Balaban J connectivity index is 2.16. The molecule has 2 aromatic rings. The van der Waals surface area contributed by atoms with Crippen LogP contribution in [0.4, 0.5) is 0 Å². The SMILES string of the molecule is CCC(C#CCCC#CCO[Si](Br)(C(C)C)C(C)C)O[Si](c1ccccc1)(c1ccccc1)C(C)(C)C. The molecule has 37 heavy (non-hydrogen) atoms. The van der Waals surface area contributed by atoms with E-state index in [1.807, 2.05) is 0 Å².